The molecule has 0 aromatic rings. The summed E-state index contributed by atoms with van der Waals surface area (Å²) < 4.78 is 0. The Balaban J connectivity index is 2.95. The van der Waals surface area contributed by atoms with E-state index in [1.54, 1.807) is 0 Å². The second-order valence-electron chi connectivity index (χ2n) is 1.59. The molecule has 0 unspecified atom stereocenters. The van der Waals surface area contributed by atoms with E-state index in [9.17, 15) is 9.59 Å². The molecule has 46 valence electrons. The van der Waals surface area contributed by atoms with Crippen molar-refractivity contribution in [2.75, 3.05) is 0 Å². The molecule has 0 aliphatic heterocycles. The average molecular weight is 143 g/mol. The Morgan fingerprint density at radius 1 is 1.11 bits per heavy atom. The van der Waals surface area contributed by atoms with Crippen LogP contribution in [-0.2, 0) is 9.59 Å². The topological polar surface area (TPSA) is 34.1 Å². The Morgan fingerprint density at radius 2 is 1.78 bits per heavy atom. The van der Waals surface area contributed by atoms with Gasteiger partial charge >= 0.3 is 0 Å². The molecule has 0 atom stereocenters. The van der Waals surface area contributed by atoms with Crippen LogP contribution in [0.1, 0.15) is 0 Å². The molecule has 0 radical (unpaired) electrons. The highest BCUT2D eigenvalue weighted by atomic mass is 35.5. The highest BCUT2D eigenvalue weighted by molar-refractivity contribution is 6.49. The fourth-order valence-electron chi connectivity index (χ4n) is 0.482. The van der Waals surface area contributed by atoms with Gasteiger partial charge in [0.25, 0.3) is 0 Å². The van der Waals surface area contributed by atoms with E-state index in [-0.39, 0.29) is 0 Å². The van der Waals surface area contributed by atoms with Crippen LogP contribution in [0.3, 0.4) is 0 Å². The normalized spacial score (nSPS) is 18.1. The van der Waals surface area contributed by atoms with E-state index in [0.717, 1.165) is 12.2 Å². The van der Waals surface area contributed by atoms with Gasteiger partial charge in [-0.15, -0.1) is 0 Å². The summed E-state index contributed by atoms with van der Waals surface area (Å²) in [5.74, 6) is -1.07. The van der Waals surface area contributed by atoms with Gasteiger partial charge in [-0.3, -0.25) is 9.59 Å². The molecule has 0 heterocycles. The second-order valence-corrected chi connectivity index (χ2v) is 2.03. The van der Waals surface area contributed by atoms with Crippen LogP contribution in [0.15, 0.2) is 23.3 Å². The van der Waals surface area contributed by atoms with E-state index in [0.29, 0.717) is 5.03 Å². The molecule has 9 heavy (non-hydrogen) atoms. The molecule has 0 fully saturated rings. The SMILES string of the molecule is O=C1C=CC(Cl)=CC1=O. The summed E-state index contributed by atoms with van der Waals surface area (Å²) in [7, 11) is 0. The lowest BCUT2D eigenvalue weighted by Crippen LogP contribution is -2.10. The van der Waals surface area contributed by atoms with E-state index in [2.05, 4.69) is 0 Å². The van der Waals surface area contributed by atoms with Crippen molar-refractivity contribution in [3.05, 3.63) is 23.3 Å². The second kappa shape index (κ2) is 2.15. The van der Waals surface area contributed by atoms with Gasteiger partial charge in [0.2, 0.25) is 11.6 Å². The number of allylic oxidation sites excluding steroid dienone is 4. The van der Waals surface area contributed by atoms with Crippen LogP contribution in [0.25, 0.3) is 0 Å². The van der Waals surface area contributed by atoms with Gasteiger partial charge in [0.05, 0.1) is 0 Å². The van der Waals surface area contributed by atoms with Crippen LogP contribution in [0.5, 0.6) is 0 Å². The predicted octanol–water partition coefficient (Wildman–Crippen LogP) is 0.817. The van der Waals surface area contributed by atoms with E-state index in [1.165, 1.54) is 6.08 Å². The molecule has 0 saturated carbocycles. The molecule has 0 spiro atoms. The summed E-state index contributed by atoms with van der Waals surface area (Å²) in [6.07, 6.45) is 3.65. The van der Waals surface area contributed by atoms with E-state index in [1.807, 2.05) is 0 Å². The molecular weight excluding hydrogens is 140 g/mol. The van der Waals surface area contributed by atoms with Crippen LogP contribution in [0.2, 0.25) is 0 Å². The lowest BCUT2D eigenvalue weighted by atomic mass is 10.1. The zero-order valence-corrected chi connectivity index (χ0v) is 5.18. The molecule has 0 aromatic carbocycles. The van der Waals surface area contributed by atoms with Gasteiger partial charge in [-0.05, 0) is 12.2 Å². The maximum absolute atomic E-state index is 10.4. The van der Waals surface area contributed by atoms with Crippen LogP contribution < -0.4 is 0 Å². The van der Waals surface area contributed by atoms with Crippen molar-refractivity contribution in [2.45, 2.75) is 0 Å². The number of hydrogen-bond donors (Lipinski definition) is 0. The lowest BCUT2D eigenvalue weighted by molar-refractivity contribution is -0.131. The highest BCUT2D eigenvalue weighted by Crippen LogP contribution is 2.07. The van der Waals surface area contributed by atoms with Crippen molar-refractivity contribution in [2.24, 2.45) is 0 Å². The molecule has 1 aliphatic carbocycles. The largest absolute Gasteiger partial charge is 0.286 e. The van der Waals surface area contributed by atoms with Crippen LogP contribution >= 0.6 is 11.6 Å². The molecule has 1 rings (SSSR count). The summed E-state index contributed by atoms with van der Waals surface area (Å²) >= 11 is 5.38. The fourth-order valence-corrected chi connectivity index (χ4v) is 0.644. The van der Waals surface area contributed by atoms with E-state index >= 15 is 0 Å². The first kappa shape index (κ1) is 6.23. The van der Waals surface area contributed by atoms with Crippen molar-refractivity contribution in [1.82, 2.24) is 0 Å². The maximum atomic E-state index is 10.4. The van der Waals surface area contributed by atoms with Crippen molar-refractivity contribution in [1.29, 1.82) is 0 Å². The Morgan fingerprint density at radius 3 is 2.22 bits per heavy atom. The lowest BCUT2D eigenvalue weighted by Gasteiger charge is -1.93. The standard InChI is InChI=1S/C6H3ClO2/c7-4-1-2-5(8)6(9)3-4/h1-3H. The average Bonchev–Trinajstić information content (AvgIpc) is 1.80. The van der Waals surface area contributed by atoms with Crippen molar-refractivity contribution < 1.29 is 9.59 Å². The minimum absolute atomic E-state index is 0.305. The van der Waals surface area contributed by atoms with Gasteiger partial charge in [-0.25, -0.2) is 0 Å². The molecule has 0 amide bonds. The van der Waals surface area contributed by atoms with Crippen molar-refractivity contribution >= 4 is 23.2 Å². The number of halogens is 1. The third-order valence-electron chi connectivity index (χ3n) is 0.906. The Kier molecular flexibility index (Phi) is 1.49. The monoisotopic (exact) mass is 142 g/mol. The minimum Gasteiger partial charge on any atom is -0.286 e. The molecule has 0 saturated heterocycles. The Bertz CT molecular complexity index is 225. The smallest absolute Gasteiger partial charge is 0.227 e. The molecular formula is C6H3ClO2. The van der Waals surface area contributed by atoms with Crippen LogP contribution in [0.4, 0.5) is 0 Å². The number of hydrogen-bond acceptors (Lipinski definition) is 2. The summed E-state index contributed by atoms with van der Waals surface area (Å²) in [4.78, 5) is 20.8. The molecule has 2 nitrogen and oxygen atoms in total. The summed E-state index contributed by atoms with van der Waals surface area (Å²) in [6.45, 7) is 0. The van der Waals surface area contributed by atoms with Crippen LogP contribution in [0, 0.1) is 0 Å². The van der Waals surface area contributed by atoms with Gasteiger partial charge in [-0.1, -0.05) is 11.6 Å². The first-order valence-corrected chi connectivity index (χ1v) is 2.71. The van der Waals surface area contributed by atoms with Gasteiger partial charge in [0.1, 0.15) is 0 Å². The third kappa shape index (κ3) is 1.27. The molecule has 0 aromatic heterocycles. The van der Waals surface area contributed by atoms with Gasteiger partial charge in [0.15, 0.2) is 0 Å². The summed E-state index contributed by atoms with van der Waals surface area (Å²) in [5, 5.41) is 0.305. The quantitative estimate of drug-likeness (QED) is 0.371. The van der Waals surface area contributed by atoms with E-state index in [4.69, 9.17) is 11.6 Å². The minimum atomic E-state index is -0.553. The predicted molar refractivity (Wildman–Crippen MR) is 33.1 cm³/mol. The zero-order valence-electron chi connectivity index (χ0n) is 4.43. The van der Waals surface area contributed by atoms with Crippen molar-refractivity contribution in [3.8, 4) is 0 Å². The number of carbonyl (C=O) groups is 2. The first-order valence-electron chi connectivity index (χ1n) is 2.34. The molecule has 0 bridgehead atoms. The molecule has 0 N–H and O–H groups in total. The van der Waals surface area contributed by atoms with Gasteiger partial charge in [-0.2, -0.15) is 0 Å². The van der Waals surface area contributed by atoms with E-state index < -0.39 is 11.6 Å². The molecule has 1 aliphatic rings. The maximum Gasteiger partial charge on any atom is 0.227 e. The van der Waals surface area contributed by atoms with Gasteiger partial charge in [0, 0.05) is 11.1 Å². The summed E-state index contributed by atoms with van der Waals surface area (Å²) in [5.41, 5.74) is 0. The number of ketones is 2. The summed E-state index contributed by atoms with van der Waals surface area (Å²) in [6, 6.07) is 0. The highest BCUT2D eigenvalue weighted by Gasteiger charge is 2.10. The Hall–Kier alpha value is -0.890. The first-order chi connectivity index (χ1) is 4.20. The zero-order chi connectivity index (χ0) is 6.85. The van der Waals surface area contributed by atoms with Crippen molar-refractivity contribution in [3.63, 3.8) is 0 Å². The van der Waals surface area contributed by atoms with Gasteiger partial charge < -0.3 is 0 Å². The van der Waals surface area contributed by atoms with Crippen LogP contribution in [-0.4, -0.2) is 11.6 Å². The fraction of sp³-hybridized carbons (Fsp3) is 0. The molecule has 3 heteroatoms. The Labute approximate surface area is 56.8 Å². The third-order valence-corrected chi connectivity index (χ3v) is 1.14. The number of rotatable bonds is 0. The number of carbonyl (C=O) groups excluding carboxylic acids is 2.